The number of aryl methyl sites for hydroxylation is 1. The Hall–Kier alpha value is -2.09. The van der Waals surface area contributed by atoms with E-state index in [0.717, 1.165) is 29.6 Å². The summed E-state index contributed by atoms with van der Waals surface area (Å²) in [4.78, 5) is 11.4. The smallest absolute Gasteiger partial charge is 0.127 e. The Kier molecular flexibility index (Phi) is 4.94. The minimum absolute atomic E-state index is 0.0900. The van der Waals surface area contributed by atoms with Gasteiger partial charge in [-0.2, -0.15) is 0 Å². The fraction of sp³-hybridized carbons (Fsp3) is 0.278. The first-order valence-corrected chi connectivity index (χ1v) is 6.96. The summed E-state index contributed by atoms with van der Waals surface area (Å²) in [5, 5.41) is 0. The monoisotopic (exact) mass is 268 g/mol. The molecule has 1 unspecified atom stereocenters. The second-order valence-corrected chi connectivity index (χ2v) is 4.94. The zero-order valence-electron chi connectivity index (χ0n) is 12.0. The minimum Gasteiger partial charge on any atom is -0.494 e. The third-order valence-corrected chi connectivity index (χ3v) is 3.32. The number of ether oxygens (including phenoxy) is 1. The fourth-order valence-corrected chi connectivity index (χ4v) is 2.29. The molecule has 0 spiro atoms. The molecule has 0 radical (unpaired) electrons. The lowest BCUT2D eigenvalue weighted by atomic mass is 9.92. The van der Waals surface area contributed by atoms with E-state index in [1.54, 1.807) is 0 Å². The van der Waals surface area contributed by atoms with Gasteiger partial charge in [0.1, 0.15) is 12.0 Å². The lowest BCUT2D eigenvalue weighted by Gasteiger charge is -2.12. The van der Waals surface area contributed by atoms with E-state index < -0.39 is 0 Å². The van der Waals surface area contributed by atoms with E-state index in [0.29, 0.717) is 6.61 Å². The average Bonchev–Trinajstić information content (AvgIpc) is 2.47. The van der Waals surface area contributed by atoms with Gasteiger partial charge in [-0.1, -0.05) is 42.0 Å². The van der Waals surface area contributed by atoms with E-state index in [1.165, 1.54) is 5.56 Å². The SMILES string of the molecule is CCOc1ccc(CC(C=O)c2cccc(C)c2)cc1. The minimum atomic E-state index is -0.0900. The van der Waals surface area contributed by atoms with Crippen LogP contribution in [-0.2, 0) is 11.2 Å². The molecule has 1 atom stereocenters. The number of benzene rings is 2. The molecule has 0 aliphatic rings. The molecule has 20 heavy (non-hydrogen) atoms. The molecule has 0 aliphatic carbocycles. The molecule has 0 bridgehead atoms. The molecule has 104 valence electrons. The van der Waals surface area contributed by atoms with E-state index in [1.807, 2.05) is 56.3 Å². The number of hydrogen-bond acceptors (Lipinski definition) is 2. The van der Waals surface area contributed by atoms with Crippen molar-refractivity contribution in [3.63, 3.8) is 0 Å². The highest BCUT2D eigenvalue weighted by molar-refractivity contribution is 5.63. The number of aldehydes is 1. The van der Waals surface area contributed by atoms with Crippen molar-refractivity contribution in [3.8, 4) is 5.75 Å². The lowest BCUT2D eigenvalue weighted by Crippen LogP contribution is -2.04. The first-order valence-electron chi connectivity index (χ1n) is 6.96. The topological polar surface area (TPSA) is 26.3 Å². The van der Waals surface area contributed by atoms with Crippen LogP contribution in [0.4, 0.5) is 0 Å². The van der Waals surface area contributed by atoms with Crippen LogP contribution < -0.4 is 4.74 Å². The maximum absolute atomic E-state index is 11.4. The average molecular weight is 268 g/mol. The highest BCUT2D eigenvalue weighted by Gasteiger charge is 2.11. The van der Waals surface area contributed by atoms with E-state index in [2.05, 4.69) is 6.07 Å². The van der Waals surface area contributed by atoms with Crippen LogP contribution in [0.3, 0.4) is 0 Å². The Bertz CT molecular complexity index is 558. The summed E-state index contributed by atoms with van der Waals surface area (Å²) in [7, 11) is 0. The van der Waals surface area contributed by atoms with Crippen LogP contribution in [0.5, 0.6) is 5.75 Å². The Balaban J connectivity index is 2.12. The van der Waals surface area contributed by atoms with Gasteiger partial charge < -0.3 is 9.53 Å². The summed E-state index contributed by atoms with van der Waals surface area (Å²) in [6.45, 7) is 4.68. The van der Waals surface area contributed by atoms with Gasteiger partial charge in [-0.15, -0.1) is 0 Å². The number of hydrogen-bond donors (Lipinski definition) is 0. The van der Waals surface area contributed by atoms with Crippen molar-refractivity contribution < 1.29 is 9.53 Å². The summed E-state index contributed by atoms with van der Waals surface area (Å²) in [5.41, 5.74) is 3.40. The van der Waals surface area contributed by atoms with Crippen LogP contribution >= 0.6 is 0 Å². The molecule has 2 aromatic rings. The van der Waals surface area contributed by atoms with Crippen LogP contribution in [0.15, 0.2) is 48.5 Å². The van der Waals surface area contributed by atoms with Crippen molar-refractivity contribution in [3.05, 3.63) is 65.2 Å². The molecule has 0 fully saturated rings. The molecule has 0 aromatic heterocycles. The van der Waals surface area contributed by atoms with Gasteiger partial charge in [-0.05, 0) is 43.5 Å². The number of carbonyl (C=O) groups excluding carboxylic acids is 1. The number of carbonyl (C=O) groups is 1. The van der Waals surface area contributed by atoms with Crippen LogP contribution in [0, 0.1) is 6.92 Å². The predicted molar refractivity (Wildman–Crippen MR) is 81.3 cm³/mol. The van der Waals surface area contributed by atoms with Crippen molar-refractivity contribution in [1.82, 2.24) is 0 Å². The molecular weight excluding hydrogens is 248 g/mol. The third kappa shape index (κ3) is 3.70. The molecule has 2 nitrogen and oxygen atoms in total. The van der Waals surface area contributed by atoms with Crippen LogP contribution in [-0.4, -0.2) is 12.9 Å². The van der Waals surface area contributed by atoms with E-state index >= 15 is 0 Å². The first-order chi connectivity index (χ1) is 9.72. The van der Waals surface area contributed by atoms with Crippen molar-refractivity contribution in [2.45, 2.75) is 26.2 Å². The zero-order valence-corrected chi connectivity index (χ0v) is 12.0. The Morgan fingerprint density at radius 3 is 2.50 bits per heavy atom. The molecule has 0 N–H and O–H groups in total. The molecular formula is C18H20O2. The van der Waals surface area contributed by atoms with Gasteiger partial charge in [0.05, 0.1) is 6.61 Å². The molecule has 0 saturated heterocycles. The van der Waals surface area contributed by atoms with Gasteiger partial charge in [-0.3, -0.25) is 0 Å². The van der Waals surface area contributed by atoms with E-state index in [4.69, 9.17) is 4.74 Å². The van der Waals surface area contributed by atoms with Gasteiger partial charge in [0.2, 0.25) is 0 Å². The van der Waals surface area contributed by atoms with E-state index in [9.17, 15) is 4.79 Å². The summed E-state index contributed by atoms with van der Waals surface area (Å²) < 4.78 is 5.42. The Morgan fingerprint density at radius 1 is 1.15 bits per heavy atom. The molecule has 2 aromatic carbocycles. The van der Waals surface area contributed by atoms with Gasteiger partial charge in [0, 0.05) is 5.92 Å². The van der Waals surface area contributed by atoms with Crippen LogP contribution in [0.25, 0.3) is 0 Å². The highest BCUT2D eigenvalue weighted by Crippen LogP contribution is 2.21. The zero-order chi connectivity index (χ0) is 14.4. The van der Waals surface area contributed by atoms with Crippen LogP contribution in [0.2, 0.25) is 0 Å². The summed E-state index contributed by atoms with van der Waals surface area (Å²) in [6.07, 6.45) is 1.75. The summed E-state index contributed by atoms with van der Waals surface area (Å²) in [5.74, 6) is 0.780. The summed E-state index contributed by atoms with van der Waals surface area (Å²) in [6, 6.07) is 16.1. The predicted octanol–water partition coefficient (Wildman–Crippen LogP) is 3.92. The molecule has 0 amide bonds. The van der Waals surface area contributed by atoms with Crippen LogP contribution in [0.1, 0.15) is 29.5 Å². The first kappa shape index (κ1) is 14.3. The second kappa shape index (κ2) is 6.90. The van der Waals surface area contributed by atoms with Crippen molar-refractivity contribution in [1.29, 1.82) is 0 Å². The largest absolute Gasteiger partial charge is 0.494 e. The van der Waals surface area contributed by atoms with Gasteiger partial charge in [0.15, 0.2) is 0 Å². The van der Waals surface area contributed by atoms with E-state index in [-0.39, 0.29) is 5.92 Å². The molecule has 2 heteroatoms. The lowest BCUT2D eigenvalue weighted by molar-refractivity contribution is -0.109. The van der Waals surface area contributed by atoms with Crippen molar-refractivity contribution in [2.75, 3.05) is 6.61 Å². The Morgan fingerprint density at radius 2 is 1.90 bits per heavy atom. The Labute approximate surface area is 120 Å². The van der Waals surface area contributed by atoms with Gasteiger partial charge in [0.25, 0.3) is 0 Å². The molecule has 2 rings (SSSR count). The van der Waals surface area contributed by atoms with Crippen molar-refractivity contribution in [2.24, 2.45) is 0 Å². The highest BCUT2D eigenvalue weighted by atomic mass is 16.5. The summed E-state index contributed by atoms with van der Waals surface area (Å²) >= 11 is 0. The third-order valence-electron chi connectivity index (χ3n) is 3.32. The standard InChI is InChI=1S/C18H20O2/c1-3-20-18-9-7-15(8-10-18)12-17(13-19)16-6-4-5-14(2)11-16/h4-11,13,17H,3,12H2,1-2H3. The molecule has 0 heterocycles. The molecule has 0 saturated carbocycles. The molecule has 0 aliphatic heterocycles. The van der Waals surface area contributed by atoms with Crippen molar-refractivity contribution >= 4 is 6.29 Å². The fourth-order valence-electron chi connectivity index (χ4n) is 2.29. The number of rotatable bonds is 6. The van der Waals surface area contributed by atoms with Gasteiger partial charge >= 0.3 is 0 Å². The van der Waals surface area contributed by atoms with Gasteiger partial charge in [-0.25, -0.2) is 0 Å². The maximum Gasteiger partial charge on any atom is 0.127 e. The quantitative estimate of drug-likeness (QED) is 0.742. The normalized spacial score (nSPS) is 11.9. The second-order valence-electron chi connectivity index (χ2n) is 4.94. The maximum atomic E-state index is 11.4.